The Labute approximate surface area is 196 Å². The SMILES string of the molecule is Cc1ccc(C(=O)N(C)Cc2ccccc2N2CCCCC2)cc1NC(=O)c1ccccc1. The number of hydrogen-bond acceptors (Lipinski definition) is 3. The van der Waals surface area contributed by atoms with Gasteiger partial charge in [0.05, 0.1) is 0 Å². The average Bonchev–Trinajstić information content (AvgIpc) is 2.86. The zero-order valence-corrected chi connectivity index (χ0v) is 19.4. The van der Waals surface area contributed by atoms with Gasteiger partial charge in [0.25, 0.3) is 11.8 Å². The van der Waals surface area contributed by atoms with Crippen molar-refractivity contribution in [3.05, 3.63) is 95.1 Å². The molecule has 0 radical (unpaired) electrons. The Morgan fingerprint density at radius 1 is 0.879 bits per heavy atom. The molecule has 1 aliphatic heterocycles. The molecule has 33 heavy (non-hydrogen) atoms. The summed E-state index contributed by atoms with van der Waals surface area (Å²) in [5, 5.41) is 2.95. The quantitative estimate of drug-likeness (QED) is 0.549. The molecular formula is C28H31N3O2. The van der Waals surface area contributed by atoms with E-state index in [4.69, 9.17) is 0 Å². The number of amides is 2. The molecule has 2 amide bonds. The van der Waals surface area contributed by atoms with Crippen LogP contribution >= 0.6 is 0 Å². The number of aryl methyl sites for hydroxylation is 1. The van der Waals surface area contributed by atoms with Gasteiger partial charge in [-0.1, -0.05) is 42.5 Å². The Morgan fingerprint density at radius 3 is 2.33 bits per heavy atom. The van der Waals surface area contributed by atoms with Crippen molar-refractivity contribution in [2.75, 3.05) is 30.4 Å². The molecule has 4 rings (SSSR count). The van der Waals surface area contributed by atoms with Gasteiger partial charge in [-0.15, -0.1) is 0 Å². The minimum atomic E-state index is -0.188. The molecule has 170 valence electrons. The van der Waals surface area contributed by atoms with Gasteiger partial charge < -0.3 is 15.1 Å². The Bertz CT molecular complexity index is 1120. The molecule has 1 N–H and O–H groups in total. The third-order valence-corrected chi connectivity index (χ3v) is 6.21. The number of carbonyl (C=O) groups excluding carboxylic acids is 2. The van der Waals surface area contributed by atoms with Crippen molar-refractivity contribution in [3.63, 3.8) is 0 Å². The number of hydrogen-bond donors (Lipinski definition) is 1. The van der Waals surface area contributed by atoms with Crippen molar-refractivity contribution in [2.45, 2.75) is 32.7 Å². The van der Waals surface area contributed by atoms with E-state index in [1.807, 2.05) is 50.4 Å². The molecule has 5 heteroatoms. The van der Waals surface area contributed by atoms with E-state index in [0.29, 0.717) is 23.4 Å². The van der Waals surface area contributed by atoms with E-state index >= 15 is 0 Å². The summed E-state index contributed by atoms with van der Waals surface area (Å²) in [6.45, 7) is 4.59. The molecule has 1 saturated heterocycles. The van der Waals surface area contributed by atoms with Crippen LogP contribution in [-0.4, -0.2) is 36.9 Å². The molecule has 1 heterocycles. The van der Waals surface area contributed by atoms with Gasteiger partial charge in [0.2, 0.25) is 0 Å². The van der Waals surface area contributed by atoms with Crippen molar-refractivity contribution in [3.8, 4) is 0 Å². The molecule has 1 aliphatic rings. The Hall–Kier alpha value is -3.60. The lowest BCUT2D eigenvalue weighted by Gasteiger charge is -2.31. The third-order valence-electron chi connectivity index (χ3n) is 6.21. The summed E-state index contributed by atoms with van der Waals surface area (Å²) in [7, 11) is 1.83. The summed E-state index contributed by atoms with van der Waals surface area (Å²) in [4.78, 5) is 30.0. The third kappa shape index (κ3) is 5.43. The minimum absolute atomic E-state index is 0.0707. The monoisotopic (exact) mass is 441 g/mol. The Kier molecular flexibility index (Phi) is 7.08. The molecule has 3 aromatic carbocycles. The summed E-state index contributed by atoms with van der Waals surface area (Å²) in [6.07, 6.45) is 3.71. The van der Waals surface area contributed by atoms with Crippen molar-refractivity contribution < 1.29 is 9.59 Å². The fraction of sp³-hybridized carbons (Fsp3) is 0.286. The van der Waals surface area contributed by atoms with Gasteiger partial charge in [-0.25, -0.2) is 0 Å². The topological polar surface area (TPSA) is 52.7 Å². The van der Waals surface area contributed by atoms with E-state index in [1.54, 1.807) is 23.1 Å². The maximum atomic E-state index is 13.3. The zero-order chi connectivity index (χ0) is 23.2. The molecule has 0 saturated carbocycles. The van der Waals surface area contributed by atoms with Gasteiger partial charge in [-0.2, -0.15) is 0 Å². The summed E-state index contributed by atoms with van der Waals surface area (Å²) in [6, 6.07) is 22.9. The molecule has 0 aromatic heterocycles. The second-order valence-electron chi connectivity index (χ2n) is 8.69. The number of nitrogens with zero attached hydrogens (tertiary/aromatic N) is 2. The molecule has 5 nitrogen and oxygen atoms in total. The fourth-order valence-corrected chi connectivity index (χ4v) is 4.31. The molecule has 3 aromatic rings. The number of nitrogens with one attached hydrogen (secondary N) is 1. The fourth-order valence-electron chi connectivity index (χ4n) is 4.31. The van der Waals surface area contributed by atoms with Crippen LogP contribution < -0.4 is 10.2 Å². The summed E-state index contributed by atoms with van der Waals surface area (Å²) >= 11 is 0. The van der Waals surface area contributed by atoms with E-state index in [9.17, 15) is 9.59 Å². The van der Waals surface area contributed by atoms with Crippen LogP contribution in [0.2, 0.25) is 0 Å². The first-order valence-electron chi connectivity index (χ1n) is 11.6. The molecular weight excluding hydrogens is 410 g/mol. The van der Waals surface area contributed by atoms with Crippen LogP contribution in [0.5, 0.6) is 0 Å². The van der Waals surface area contributed by atoms with Crippen LogP contribution in [0.4, 0.5) is 11.4 Å². The first-order valence-corrected chi connectivity index (χ1v) is 11.6. The zero-order valence-electron chi connectivity index (χ0n) is 19.4. The number of rotatable bonds is 6. The first kappa shape index (κ1) is 22.6. The van der Waals surface area contributed by atoms with Crippen LogP contribution in [0.1, 0.15) is 51.1 Å². The number of carbonyl (C=O) groups is 2. The average molecular weight is 442 g/mol. The minimum Gasteiger partial charge on any atom is -0.371 e. The lowest BCUT2D eigenvalue weighted by molar-refractivity contribution is 0.0785. The van der Waals surface area contributed by atoms with Crippen LogP contribution in [0, 0.1) is 6.92 Å². The van der Waals surface area contributed by atoms with Gasteiger partial charge in [0.15, 0.2) is 0 Å². The highest BCUT2D eigenvalue weighted by atomic mass is 16.2. The van der Waals surface area contributed by atoms with E-state index in [-0.39, 0.29) is 11.8 Å². The van der Waals surface area contributed by atoms with E-state index in [0.717, 1.165) is 24.2 Å². The number of anilines is 2. The summed E-state index contributed by atoms with van der Waals surface area (Å²) < 4.78 is 0. The second kappa shape index (κ2) is 10.3. The maximum Gasteiger partial charge on any atom is 0.255 e. The Morgan fingerprint density at radius 2 is 1.58 bits per heavy atom. The van der Waals surface area contributed by atoms with Gasteiger partial charge in [0.1, 0.15) is 0 Å². The number of para-hydroxylation sites is 1. The lowest BCUT2D eigenvalue weighted by atomic mass is 10.1. The predicted octanol–water partition coefficient (Wildman–Crippen LogP) is 5.51. The van der Waals surface area contributed by atoms with Crippen LogP contribution in [0.25, 0.3) is 0 Å². The van der Waals surface area contributed by atoms with E-state index in [1.165, 1.54) is 24.9 Å². The molecule has 0 bridgehead atoms. The lowest BCUT2D eigenvalue weighted by Crippen LogP contribution is -2.32. The predicted molar refractivity (Wildman–Crippen MR) is 134 cm³/mol. The number of benzene rings is 3. The number of piperidine rings is 1. The van der Waals surface area contributed by atoms with Crippen LogP contribution in [-0.2, 0) is 6.54 Å². The van der Waals surface area contributed by atoms with Gasteiger partial charge >= 0.3 is 0 Å². The normalized spacial score (nSPS) is 13.5. The van der Waals surface area contributed by atoms with E-state index in [2.05, 4.69) is 28.4 Å². The van der Waals surface area contributed by atoms with Crippen molar-refractivity contribution >= 4 is 23.2 Å². The standard InChI is InChI=1S/C28H31N3O2/c1-21-15-16-23(19-25(21)29-27(32)22-11-5-3-6-12-22)28(33)30(2)20-24-13-7-8-14-26(24)31-17-9-4-10-18-31/h3,5-8,11-16,19H,4,9-10,17-18,20H2,1-2H3,(H,29,32). The molecule has 0 aliphatic carbocycles. The summed E-state index contributed by atoms with van der Waals surface area (Å²) in [5.41, 5.74) is 5.07. The molecule has 0 atom stereocenters. The van der Waals surface area contributed by atoms with Crippen molar-refractivity contribution in [1.82, 2.24) is 4.90 Å². The second-order valence-corrected chi connectivity index (χ2v) is 8.69. The van der Waals surface area contributed by atoms with E-state index < -0.39 is 0 Å². The highest BCUT2D eigenvalue weighted by molar-refractivity contribution is 6.05. The largest absolute Gasteiger partial charge is 0.371 e. The highest BCUT2D eigenvalue weighted by Crippen LogP contribution is 2.26. The molecule has 0 spiro atoms. The van der Waals surface area contributed by atoms with Crippen molar-refractivity contribution in [2.24, 2.45) is 0 Å². The van der Waals surface area contributed by atoms with Gasteiger partial charge in [-0.3, -0.25) is 9.59 Å². The first-order chi connectivity index (χ1) is 16.0. The van der Waals surface area contributed by atoms with Gasteiger partial charge in [0, 0.05) is 49.2 Å². The molecule has 1 fully saturated rings. The maximum absolute atomic E-state index is 13.3. The summed E-state index contributed by atoms with van der Waals surface area (Å²) in [5.74, 6) is -0.259. The molecule has 0 unspecified atom stereocenters. The smallest absolute Gasteiger partial charge is 0.255 e. The Balaban J connectivity index is 1.49. The highest BCUT2D eigenvalue weighted by Gasteiger charge is 2.19. The van der Waals surface area contributed by atoms with Crippen molar-refractivity contribution in [1.29, 1.82) is 0 Å². The van der Waals surface area contributed by atoms with Crippen LogP contribution in [0.15, 0.2) is 72.8 Å². The van der Waals surface area contributed by atoms with Crippen LogP contribution in [0.3, 0.4) is 0 Å². The van der Waals surface area contributed by atoms with Gasteiger partial charge in [-0.05, 0) is 67.6 Å².